The number of hydrogen-bond acceptors (Lipinski definition) is 4. The first-order chi connectivity index (χ1) is 15.5. The van der Waals surface area contributed by atoms with Crippen LogP contribution in [0, 0.1) is 0 Å². The number of halogens is 3. The van der Waals surface area contributed by atoms with Crippen molar-refractivity contribution in [3.05, 3.63) is 59.8 Å². The smallest absolute Gasteiger partial charge is 0.396 e. The third-order valence-corrected chi connectivity index (χ3v) is 6.80. The number of amides is 1. The third kappa shape index (κ3) is 4.51. The summed E-state index contributed by atoms with van der Waals surface area (Å²) in [5, 5.41) is 14.8. The highest BCUT2D eigenvalue weighted by atomic mass is 32.2. The normalized spacial score (nSPS) is 14.0. The van der Waals surface area contributed by atoms with Crippen molar-refractivity contribution in [1.82, 2.24) is 14.3 Å². The van der Waals surface area contributed by atoms with Crippen molar-refractivity contribution in [1.29, 1.82) is 0 Å². The van der Waals surface area contributed by atoms with Crippen LogP contribution in [0.2, 0.25) is 0 Å². The van der Waals surface area contributed by atoms with Crippen LogP contribution in [0.3, 0.4) is 0 Å². The van der Waals surface area contributed by atoms with Gasteiger partial charge in [-0.1, -0.05) is 0 Å². The summed E-state index contributed by atoms with van der Waals surface area (Å²) in [6.07, 6.45) is -1.03. The van der Waals surface area contributed by atoms with Gasteiger partial charge in [-0.25, -0.2) is 4.21 Å². The fraction of sp³-hybridized carbons (Fsp3) is 0.273. The Labute approximate surface area is 187 Å². The topological polar surface area (TPSA) is 89.5 Å². The largest absolute Gasteiger partial charge is 0.416 e. The van der Waals surface area contributed by atoms with Crippen LogP contribution in [0.4, 0.5) is 13.2 Å². The van der Waals surface area contributed by atoms with Crippen LogP contribution in [-0.2, 0) is 23.0 Å². The minimum Gasteiger partial charge on any atom is -0.396 e. The number of aryl methyl sites for hydroxylation is 1. The monoisotopic (exact) mass is 478 g/mol. The van der Waals surface area contributed by atoms with Gasteiger partial charge >= 0.3 is 6.18 Å². The van der Waals surface area contributed by atoms with E-state index in [1.165, 1.54) is 24.5 Å². The molecule has 1 atom stereocenters. The molecule has 0 spiro atoms. The number of carbonyl (C=O) groups excluding carboxylic acids is 1. The lowest BCUT2D eigenvalue weighted by atomic mass is 10.1. The lowest BCUT2D eigenvalue weighted by Gasteiger charge is -2.10. The van der Waals surface area contributed by atoms with E-state index >= 15 is 0 Å². The predicted octanol–water partition coefficient (Wildman–Crippen LogP) is 4.16. The lowest BCUT2D eigenvalue weighted by Crippen LogP contribution is -2.08. The van der Waals surface area contributed by atoms with Crippen LogP contribution < -0.4 is 0 Å². The van der Waals surface area contributed by atoms with Crippen molar-refractivity contribution in [2.24, 2.45) is 11.4 Å². The number of carbonyl (C=O) groups is 1. The molecule has 7 nitrogen and oxygen atoms in total. The van der Waals surface area contributed by atoms with Crippen molar-refractivity contribution >= 4 is 37.6 Å². The van der Waals surface area contributed by atoms with Gasteiger partial charge < -0.3 is 5.11 Å². The summed E-state index contributed by atoms with van der Waals surface area (Å²) in [7, 11) is -1.06. The van der Waals surface area contributed by atoms with E-state index in [1.54, 1.807) is 34.6 Å². The maximum Gasteiger partial charge on any atom is 0.416 e. The second-order valence-electron chi connectivity index (χ2n) is 7.79. The molecule has 1 amide bonds. The Kier molecular flexibility index (Phi) is 5.79. The maximum atomic E-state index is 13.0. The molecule has 0 aliphatic carbocycles. The van der Waals surface area contributed by atoms with Crippen LogP contribution in [0.1, 0.15) is 22.3 Å². The van der Waals surface area contributed by atoms with Gasteiger partial charge in [-0.15, -0.1) is 0 Å². The molecule has 1 N–H and O–H groups in total. The Balaban J connectivity index is 1.84. The number of alkyl halides is 3. The molecule has 0 bridgehead atoms. The molecular formula is C22H21F3N4O3S. The molecule has 0 unspecified atom stereocenters. The molecule has 2 aromatic heterocycles. The molecule has 2 aromatic carbocycles. The highest BCUT2D eigenvalue weighted by Crippen LogP contribution is 2.34. The SMILES string of the molecule is Cn1cc2c3cc(C(=O)N=[S@@](C)(=O)CCCO)ccc3n(-c3ccc(C(F)(F)F)cc3)c2n1. The van der Waals surface area contributed by atoms with Crippen molar-refractivity contribution in [2.45, 2.75) is 12.6 Å². The molecule has 0 aliphatic heterocycles. The standard InChI is InChI=1S/C22H21F3N4O3S/c1-28-13-18-17-12-14(21(31)27-33(2,32)11-3-10-30)4-9-19(17)29(20(18)26-28)16-7-5-15(6-8-16)22(23,24)25/h4-9,12-13,30H,3,10-11H2,1-2H3/t33-/m0/s1. The van der Waals surface area contributed by atoms with Crippen molar-refractivity contribution in [3.63, 3.8) is 0 Å². The number of aliphatic hydroxyl groups is 1. The molecule has 33 heavy (non-hydrogen) atoms. The number of aromatic nitrogens is 3. The molecule has 0 fully saturated rings. The number of nitrogens with zero attached hydrogens (tertiary/aromatic N) is 4. The Bertz CT molecular complexity index is 1480. The molecule has 0 saturated heterocycles. The van der Waals surface area contributed by atoms with Crippen LogP contribution >= 0.6 is 0 Å². The summed E-state index contributed by atoms with van der Waals surface area (Å²) in [5.74, 6) is -0.532. The van der Waals surface area contributed by atoms with Gasteiger partial charge in [0.25, 0.3) is 5.91 Å². The van der Waals surface area contributed by atoms with Crippen molar-refractivity contribution < 1.29 is 27.3 Å². The number of hydrogen-bond donors (Lipinski definition) is 1. The zero-order chi connectivity index (χ0) is 24.0. The first-order valence-corrected chi connectivity index (χ1v) is 12.1. The summed E-state index contributed by atoms with van der Waals surface area (Å²) in [5.41, 5.74) is 1.15. The van der Waals surface area contributed by atoms with Crippen LogP contribution in [0.25, 0.3) is 27.6 Å². The molecule has 11 heteroatoms. The van der Waals surface area contributed by atoms with E-state index in [1.807, 2.05) is 0 Å². The molecular weight excluding hydrogens is 457 g/mol. The molecule has 0 radical (unpaired) electrons. The highest BCUT2D eigenvalue weighted by Gasteiger charge is 2.30. The minimum absolute atomic E-state index is 0.106. The van der Waals surface area contributed by atoms with E-state index in [9.17, 15) is 22.2 Å². The molecule has 4 aromatic rings. The van der Waals surface area contributed by atoms with Gasteiger partial charge in [0.15, 0.2) is 5.65 Å². The summed E-state index contributed by atoms with van der Waals surface area (Å²) < 4.78 is 58.6. The number of benzene rings is 2. The fourth-order valence-electron chi connectivity index (χ4n) is 3.69. The van der Waals surface area contributed by atoms with Crippen molar-refractivity contribution in [2.75, 3.05) is 18.6 Å². The van der Waals surface area contributed by atoms with Gasteiger partial charge in [-0.2, -0.15) is 22.6 Å². The van der Waals surface area contributed by atoms with Crippen molar-refractivity contribution in [3.8, 4) is 5.69 Å². The molecule has 2 heterocycles. The Morgan fingerprint density at radius 2 is 1.85 bits per heavy atom. The summed E-state index contributed by atoms with van der Waals surface area (Å²) >= 11 is 0. The Morgan fingerprint density at radius 1 is 1.15 bits per heavy atom. The second kappa shape index (κ2) is 8.31. The van der Waals surface area contributed by atoms with E-state index in [2.05, 4.69) is 9.46 Å². The van der Waals surface area contributed by atoms with Gasteiger partial charge in [-0.05, 0) is 48.9 Å². The van der Waals surface area contributed by atoms with Gasteiger partial charge in [0, 0.05) is 53.9 Å². The summed E-state index contributed by atoms with van der Waals surface area (Å²) in [6.45, 7) is -0.142. The van der Waals surface area contributed by atoms with Crippen LogP contribution in [-0.4, -0.2) is 48.2 Å². The average molecular weight is 478 g/mol. The van der Waals surface area contributed by atoms with Gasteiger partial charge in [0.2, 0.25) is 0 Å². The first-order valence-electron chi connectivity index (χ1n) is 10.0. The molecule has 0 saturated carbocycles. The average Bonchev–Trinajstić information content (AvgIpc) is 3.25. The van der Waals surface area contributed by atoms with Gasteiger partial charge in [-0.3, -0.25) is 14.0 Å². The maximum absolute atomic E-state index is 13.0. The minimum atomic E-state index is -4.44. The Hall–Kier alpha value is -3.18. The van der Waals surface area contributed by atoms with E-state index in [4.69, 9.17) is 5.11 Å². The molecule has 174 valence electrons. The highest BCUT2D eigenvalue weighted by molar-refractivity contribution is 7.93. The zero-order valence-corrected chi connectivity index (χ0v) is 18.7. The second-order valence-corrected chi connectivity index (χ2v) is 10.3. The van der Waals surface area contributed by atoms with Gasteiger partial charge in [0.05, 0.1) is 20.8 Å². The molecule has 0 aliphatic rings. The van der Waals surface area contributed by atoms with E-state index in [0.717, 1.165) is 12.1 Å². The van der Waals surface area contributed by atoms with Crippen LogP contribution in [0.5, 0.6) is 0 Å². The summed E-state index contributed by atoms with van der Waals surface area (Å²) in [6, 6.07) is 9.59. The quantitative estimate of drug-likeness (QED) is 0.467. The van der Waals surface area contributed by atoms with E-state index < -0.39 is 27.4 Å². The zero-order valence-electron chi connectivity index (χ0n) is 17.8. The van der Waals surface area contributed by atoms with Gasteiger partial charge in [0.1, 0.15) is 0 Å². The number of fused-ring (bicyclic) bond motifs is 3. The number of rotatable bonds is 5. The first kappa shape index (κ1) is 23.0. The summed E-state index contributed by atoms with van der Waals surface area (Å²) in [4.78, 5) is 12.7. The van der Waals surface area contributed by atoms with E-state index in [0.29, 0.717) is 27.6 Å². The van der Waals surface area contributed by atoms with Crippen LogP contribution in [0.15, 0.2) is 53.0 Å². The molecule has 4 rings (SSSR count). The number of aliphatic hydroxyl groups excluding tert-OH is 1. The lowest BCUT2D eigenvalue weighted by molar-refractivity contribution is -0.137. The third-order valence-electron chi connectivity index (χ3n) is 5.21. The predicted molar refractivity (Wildman–Crippen MR) is 120 cm³/mol. The Morgan fingerprint density at radius 3 is 2.48 bits per heavy atom. The van der Waals surface area contributed by atoms with E-state index in [-0.39, 0.29) is 24.3 Å². The fourth-order valence-corrected chi connectivity index (χ4v) is 4.90.